The maximum atomic E-state index is 4.63. The zero-order chi connectivity index (χ0) is 17.4. The second kappa shape index (κ2) is 6.28. The van der Waals surface area contributed by atoms with Crippen molar-refractivity contribution in [1.29, 1.82) is 0 Å². The van der Waals surface area contributed by atoms with Crippen molar-refractivity contribution >= 4 is 11.9 Å². The van der Waals surface area contributed by atoms with Gasteiger partial charge in [-0.1, -0.05) is 30.3 Å². The average molecular weight is 332 g/mol. The van der Waals surface area contributed by atoms with Crippen molar-refractivity contribution < 1.29 is 0 Å². The third-order valence-electron chi connectivity index (χ3n) is 5.09. The number of nitrogens with zero attached hydrogens (tertiary/aromatic N) is 4. The predicted octanol–water partition coefficient (Wildman–Crippen LogP) is 4.42. The van der Waals surface area contributed by atoms with Crippen molar-refractivity contribution in [3.05, 3.63) is 77.4 Å². The van der Waals surface area contributed by atoms with E-state index in [4.69, 9.17) is 0 Å². The smallest absolute Gasteiger partial charge is 0.153 e. The Morgan fingerprint density at radius 3 is 2.52 bits per heavy atom. The van der Waals surface area contributed by atoms with Gasteiger partial charge in [-0.05, 0) is 55.7 Å². The molecule has 0 spiro atoms. The first-order valence-corrected chi connectivity index (χ1v) is 8.98. The Bertz CT molecular complexity index is 821. The Kier molecular flexibility index (Phi) is 3.96. The first-order valence-electron chi connectivity index (χ1n) is 8.98. The molecule has 3 heterocycles. The number of aromatic nitrogens is 1. The lowest BCUT2D eigenvalue weighted by atomic mass is 9.93. The number of benzene rings is 1. The number of anilines is 1. The minimum Gasteiger partial charge on any atom is -0.357 e. The number of hydrogen-bond donors (Lipinski definition) is 0. The number of hydrazine groups is 1. The fraction of sp³-hybridized carbons (Fsp3) is 0.286. The normalized spacial score (nSPS) is 18.4. The fourth-order valence-corrected chi connectivity index (χ4v) is 3.92. The van der Waals surface area contributed by atoms with Crippen LogP contribution in [0.3, 0.4) is 0 Å². The molecule has 0 bridgehead atoms. The maximum Gasteiger partial charge on any atom is 0.153 e. The number of pyridine rings is 1. The summed E-state index contributed by atoms with van der Waals surface area (Å²) in [6, 6.07) is 15.0. The van der Waals surface area contributed by atoms with E-state index in [1.54, 1.807) is 0 Å². The van der Waals surface area contributed by atoms with Gasteiger partial charge >= 0.3 is 0 Å². The van der Waals surface area contributed by atoms with Crippen LogP contribution in [0.4, 0.5) is 5.82 Å². The summed E-state index contributed by atoms with van der Waals surface area (Å²) in [6.45, 7) is 8.62. The molecule has 1 unspecified atom stereocenters. The van der Waals surface area contributed by atoms with Crippen LogP contribution >= 0.6 is 0 Å². The van der Waals surface area contributed by atoms with Crippen molar-refractivity contribution in [3.63, 3.8) is 0 Å². The summed E-state index contributed by atoms with van der Waals surface area (Å²) >= 11 is 0. The molecular formula is C21H24N4. The number of hydrogen-bond acceptors (Lipinski definition) is 4. The molecule has 1 aromatic heterocycles. The summed E-state index contributed by atoms with van der Waals surface area (Å²) in [7, 11) is 0. The topological polar surface area (TPSA) is 22.6 Å². The van der Waals surface area contributed by atoms with Crippen LogP contribution in [0.25, 0.3) is 6.08 Å². The molecule has 0 N–H and O–H groups in total. The molecule has 2 aliphatic heterocycles. The lowest BCUT2D eigenvalue weighted by Gasteiger charge is -2.38. The van der Waals surface area contributed by atoms with Gasteiger partial charge in [-0.2, -0.15) is 0 Å². The van der Waals surface area contributed by atoms with Gasteiger partial charge in [-0.25, -0.2) is 9.99 Å². The first-order chi connectivity index (χ1) is 12.3. The van der Waals surface area contributed by atoms with E-state index in [0.29, 0.717) is 0 Å². The second-order valence-corrected chi connectivity index (χ2v) is 6.41. The highest BCUT2D eigenvalue weighted by atomic mass is 15.7. The van der Waals surface area contributed by atoms with Gasteiger partial charge in [-0.3, -0.25) is 5.01 Å². The van der Waals surface area contributed by atoms with E-state index < -0.39 is 0 Å². The molecule has 1 atom stereocenters. The van der Waals surface area contributed by atoms with E-state index in [1.807, 2.05) is 18.3 Å². The van der Waals surface area contributed by atoms with Gasteiger partial charge in [0.25, 0.3) is 0 Å². The summed E-state index contributed by atoms with van der Waals surface area (Å²) in [6.07, 6.45) is 6.24. The van der Waals surface area contributed by atoms with Gasteiger partial charge in [0.15, 0.2) is 5.82 Å². The largest absolute Gasteiger partial charge is 0.357 e. The molecule has 0 fully saturated rings. The Labute approximate surface area is 149 Å². The molecule has 4 nitrogen and oxygen atoms in total. The van der Waals surface area contributed by atoms with Gasteiger partial charge in [-0.15, -0.1) is 0 Å². The zero-order valence-corrected chi connectivity index (χ0v) is 15.1. The lowest BCUT2D eigenvalue weighted by Crippen LogP contribution is -2.41. The molecule has 1 aromatic carbocycles. The number of rotatable bonds is 4. The molecule has 0 radical (unpaired) electrons. The van der Waals surface area contributed by atoms with Gasteiger partial charge < -0.3 is 4.90 Å². The fourth-order valence-electron chi connectivity index (χ4n) is 3.92. The third-order valence-corrected chi connectivity index (χ3v) is 5.09. The first kappa shape index (κ1) is 15.8. The second-order valence-electron chi connectivity index (χ2n) is 6.41. The highest BCUT2D eigenvalue weighted by Gasteiger charge is 2.41. The monoisotopic (exact) mass is 332 g/mol. The summed E-state index contributed by atoms with van der Waals surface area (Å²) in [5.74, 6) is 2.20. The van der Waals surface area contributed by atoms with Crippen LogP contribution in [0.2, 0.25) is 0 Å². The van der Waals surface area contributed by atoms with Crippen molar-refractivity contribution in [2.24, 2.45) is 0 Å². The maximum absolute atomic E-state index is 4.63. The molecule has 128 valence electrons. The molecule has 4 heteroatoms. The summed E-state index contributed by atoms with van der Waals surface area (Å²) in [5.41, 5.74) is 4.02. The van der Waals surface area contributed by atoms with E-state index in [9.17, 15) is 0 Å². The van der Waals surface area contributed by atoms with E-state index in [0.717, 1.165) is 18.9 Å². The molecule has 2 aromatic rings. The van der Waals surface area contributed by atoms with Gasteiger partial charge in [0, 0.05) is 25.5 Å². The summed E-state index contributed by atoms with van der Waals surface area (Å²) in [5, 5.41) is 4.58. The van der Waals surface area contributed by atoms with Crippen LogP contribution in [0, 0.1) is 0 Å². The molecule has 0 saturated carbocycles. The van der Waals surface area contributed by atoms with Crippen molar-refractivity contribution in [2.75, 3.05) is 18.1 Å². The van der Waals surface area contributed by atoms with Crippen LogP contribution in [-0.4, -0.2) is 28.0 Å². The molecule has 4 rings (SSSR count). The molecule has 2 aliphatic rings. The van der Waals surface area contributed by atoms with Crippen LogP contribution in [0.15, 0.2) is 66.3 Å². The SMILES string of the molecule is CCN(CC)C1=C(C)C2c3ccccc3C=CN2N1c1ccccn1. The van der Waals surface area contributed by atoms with Crippen LogP contribution < -0.4 is 5.01 Å². The van der Waals surface area contributed by atoms with E-state index in [2.05, 4.69) is 83.3 Å². The van der Waals surface area contributed by atoms with Gasteiger partial charge in [0.05, 0.1) is 0 Å². The highest BCUT2D eigenvalue weighted by Crippen LogP contribution is 2.46. The van der Waals surface area contributed by atoms with E-state index in [-0.39, 0.29) is 6.04 Å². The molecule has 0 amide bonds. The van der Waals surface area contributed by atoms with Crippen molar-refractivity contribution in [2.45, 2.75) is 26.8 Å². The average Bonchev–Trinajstić information content (AvgIpc) is 2.97. The predicted molar refractivity (Wildman–Crippen MR) is 102 cm³/mol. The summed E-state index contributed by atoms with van der Waals surface area (Å²) < 4.78 is 0. The Balaban J connectivity index is 1.90. The lowest BCUT2D eigenvalue weighted by molar-refractivity contribution is 0.296. The highest BCUT2D eigenvalue weighted by molar-refractivity contribution is 5.63. The van der Waals surface area contributed by atoms with E-state index >= 15 is 0 Å². The zero-order valence-electron chi connectivity index (χ0n) is 15.1. The van der Waals surface area contributed by atoms with Gasteiger partial charge in [0.2, 0.25) is 0 Å². The molecule has 0 aliphatic carbocycles. The van der Waals surface area contributed by atoms with Gasteiger partial charge in [0.1, 0.15) is 11.9 Å². The molecule has 25 heavy (non-hydrogen) atoms. The van der Waals surface area contributed by atoms with Crippen LogP contribution in [0.5, 0.6) is 0 Å². The Morgan fingerprint density at radius 2 is 1.80 bits per heavy atom. The van der Waals surface area contributed by atoms with Crippen molar-refractivity contribution in [1.82, 2.24) is 14.9 Å². The van der Waals surface area contributed by atoms with Crippen LogP contribution in [0.1, 0.15) is 37.9 Å². The third kappa shape index (κ3) is 2.40. The number of fused-ring (bicyclic) bond motifs is 3. The minimum absolute atomic E-state index is 0.221. The molecule has 0 saturated heterocycles. The van der Waals surface area contributed by atoms with Crippen LogP contribution in [-0.2, 0) is 0 Å². The van der Waals surface area contributed by atoms with Crippen molar-refractivity contribution in [3.8, 4) is 0 Å². The standard InChI is InChI=1S/C21H24N4/c1-4-23(5-2)21-16(3)20-18-11-7-6-10-17(18)13-15-24(20)25(21)19-12-8-9-14-22-19/h6-15,20H,4-5H2,1-3H3. The Hall–Kier alpha value is -2.75. The quantitative estimate of drug-likeness (QED) is 0.827. The molecular weight excluding hydrogens is 308 g/mol. The van der Waals surface area contributed by atoms with E-state index in [1.165, 1.54) is 22.5 Å². The summed E-state index contributed by atoms with van der Waals surface area (Å²) in [4.78, 5) is 7.05. The minimum atomic E-state index is 0.221. The Morgan fingerprint density at radius 1 is 1.04 bits per heavy atom.